The fraction of sp³-hybridized carbons (Fsp3) is 0.227. The van der Waals surface area contributed by atoms with E-state index in [2.05, 4.69) is 15.6 Å². The molecule has 144 valence electrons. The first-order chi connectivity index (χ1) is 13.6. The molecule has 6 nitrogen and oxygen atoms in total. The second kappa shape index (κ2) is 8.99. The Balaban J connectivity index is 1.55. The molecule has 0 fully saturated rings. The normalized spacial score (nSPS) is 11.6. The van der Waals surface area contributed by atoms with Gasteiger partial charge in [-0.15, -0.1) is 0 Å². The molecule has 0 spiro atoms. The van der Waals surface area contributed by atoms with Gasteiger partial charge in [-0.25, -0.2) is 4.98 Å². The van der Waals surface area contributed by atoms with Crippen LogP contribution < -0.4 is 15.4 Å². The van der Waals surface area contributed by atoms with Crippen LogP contribution >= 0.6 is 0 Å². The molecule has 2 N–H and O–H groups in total. The largest absolute Gasteiger partial charge is 0.481 e. The van der Waals surface area contributed by atoms with Crippen LogP contribution in [-0.4, -0.2) is 29.9 Å². The maximum absolute atomic E-state index is 12.4. The molecule has 1 aromatic heterocycles. The summed E-state index contributed by atoms with van der Waals surface area (Å²) >= 11 is 0. The highest BCUT2D eigenvalue weighted by atomic mass is 16.5. The van der Waals surface area contributed by atoms with Gasteiger partial charge in [-0.1, -0.05) is 42.5 Å². The van der Waals surface area contributed by atoms with Gasteiger partial charge in [0.05, 0.1) is 13.5 Å². The van der Waals surface area contributed by atoms with E-state index in [1.165, 1.54) is 7.11 Å². The first-order valence-electron chi connectivity index (χ1n) is 9.09. The van der Waals surface area contributed by atoms with Crippen molar-refractivity contribution in [2.75, 3.05) is 7.11 Å². The number of fused-ring (bicyclic) bond motifs is 1. The lowest BCUT2D eigenvalue weighted by Crippen LogP contribution is -2.45. The lowest BCUT2D eigenvalue weighted by Gasteiger charge is -2.15. The number of ether oxygens (including phenoxy) is 1. The molecule has 1 atom stereocenters. The van der Waals surface area contributed by atoms with Gasteiger partial charge in [0.25, 0.3) is 0 Å². The van der Waals surface area contributed by atoms with Gasteiger partial charge in [0.15, 0.2) is 0 Å². The van der Waals surface area contributed by atoms with Crippen molar-refractivity contribution in [2.24, 2.45) is 0 Å². The van der Waals surface area contributed by atoms with Crippen molar-refractivity contribution < 1.29 is 14.3 Å². The Morgan fingerprint density at radius 1 is 1.11 bits per heavy atom. The Morgan fingerprint density at radius 3 is 2.71 bits per heavy atom. The van der Waals surface area contributed by atoms with E-state index >= 15 is 0 Å². The molecule has 0 aliphatic rings. The summed E-state index contributed by atoms with van der Waals surface area (Å²) < 4.78 is 5.07. The molecule has 0 bridgehead atoms. The molecule has 3 rings (SSSR count). The summed E-state index contributed by atoms with van der Waals surface area (Å²) in [6.45, 7) is 2.00. The maximum atomic E-state index is 12.4. The van der Waals surface area contributed by atoms with E-state index in [1.54, 1.807) is 25.3 Å². The third kappa shape index (κ3) is 4.85. The second-order valence-corrected chi connectivity index (χ2v) is 6.53. The summed E-state index contributed by atoms with van der Waals surface area (Å²) in [5.41, 5.74) is 1.81. The number of carbonyl (C=O) groups is 2. The molecule has 0 saturated heterocycles. The zero-order valence-corrected chi connectivity index (χ0v) is 15.9. The minimum atomic E-state index is -0.633. The summed E-state index contributed by atoms with van der Waals surface area (Å²) in [4.78, 5) is 28.7. The number of hydrogen-bond acceptors (Lipinski definition) is 4. The van der Waals surface area contributed by atoms with Gasteiger partial charge in [-0.05, 0) is 34.9 Å². The molecule has 0 aliphatic carbocycles. The molecule has 3 aromatic rings. The summed E-state index contributed by atoms with van der Waals surface area (Å²) in [6, 6.07) is 16.7. The summed E-state index contributed by atoms with van der Waals surface area (Å²) in [6.07, 6.45) is 1.84. The molecule has 0 radical (unpaired) electrons. The van der Waals surface area contributed by atoms with Crippen molar-refractivity contribution in [2.45, 2.75) is 25.9 Å². The monoisotopic (exact) mass is 377 g/mol. The first kappa shape index (κ1) is 19.4. The number of nitrogens with zero attached hydrogens (tertiary/aromatic N) is 1. The van der Waals surface area contributed by atoms with E-state index in [9.17, 15) is 9.59 Å². The number of methoxy groups -OCH3 is 1. The topological polar surface area (TPSA) is 80.3 Å². The number of benzene rings is 2. The number of aromatic nitrogens is 1. The van der Waals surface area contributed by atoms with E-state index in [4.69, 9.17) is 4.74 Å². The molecular formula is C22H23N3O3. The van der Waals surface area contributed by atoms with E-state index in [1.807, 2.05) is 42.5 Å². The highest BCUT2D eigenvalue weighted by molar-refractivity contribution is 5.92. The van der Waals surface area contributed by atoms with Crippen molar-refractivity contribution >= 4 is 22.6 Å². The third-order valence-electron chi connectivity index (χ3n) is 4.48. The quantitative estimate of drug-likeness (QED) is 0.663. The molecule has 0 aliphatic heterocycles. The van der Waals surface area contributed by atoms with Gasteiger partial charge in [-0.3, -0.25) is 9.59 Å². The van der Waals surface area contributed by atoms with Crippen molar-refractivity contribution in [3.63, 3.8) is 0 Å². The smallest absolute Gasteiger partial charge is 0.242 e. The zero-order valence-electron chi connectivity index (χ0n) is 15.9. The van der Waals surface area contributed by atoms with E-state index in [0.717, 1.165) is 21.9 Å². The van der Waals surface area contributed by atoms with Crippen molar-refractivity contribution in [1.29, 1.82) is 0 Å². The van der Waals surface area contributed by atoms with Gasteiger partial charge in [0.2, 0.25) is 17.7 Å². The molecule has 2 amide bonds. The molecule has 1 unspecified atom stereocenters. The van der Waals surface area contributed by atoms with Crippen molar-refractivity contribution in [3.05, 3.63) is 71.9 Å². The number of rotatable bonds is 7. The number of carbonyl (C=O) groups excluding carboxylic acids is 2. The van der Waals surface area contributed by atoms with Gasteiger partial charge < -0.3 is 15.4 Å². The fourth-order valence-electron chi connectivity index (χ4n) is 2.99. The van der Waals surface area contributed by atoms with Gasteiger partial charge in [0, 0.05) is 18.8 Å². The molecule has 6 heteroatoms. The van der Waals surface area contributed by atoms with Crippen LogP contribution in [0.4, 0.5) is 0 Å². The lowest BCUT2D eigenvalue weighted by atomic mass is 10.0. The molecule has 28 heavy (non-hydrogen) atoms. The number of amides is 2. The zero-order chi connectivity index (χ0) is 19.9. The molecule has 2 aromatic carbocycles. The Morgan fingerprint density at radius 2 is 1.89 bits per heavy atom. The average molecular weight is 377 g/mol. The first-order valence-corrected chi connectivity index (χ1v) is 9.09. The summed E-state index contributed by atoms with van der Waals surface area (Å²) in [5.74, 6) is 0.0508. The molecular weight excluding hydrogens is 354 g/mol. The predicted octanol–water partition coefficient (Wildman–Crippen LogP) is 2.61. The summed E-state index contributed by atoms with van der Waals surface area (Å²) in [7, 11) is 1.54. The highest BCUT2D eigenvalue weighted by Crippen LogP contribution is 2.18. The third-order valence-corrected chi connectivity index (χ3v) is 4.48. The van der Waals surface area contributed by atoms with E-state index in [-0.39, 0.29) is 18.2 Å². The number of pyridine rings is 1. The van der Waals surface area contributed by atoms with Crippen LogP contribution in [0, 0.1) is 0 Å². The minimum Gasteiger partial charge on any atom is -0.481 e. The predicted molar refractivity (Wildman–Crippen MR) is 108 cm³/mol. The van der Waals surface area contributed by atoms with Crippen LogP contribution in [0.5, 0.6) is 5.88 Å². The van der Waals surface area contributed by atoms with E-state index in [0.29, 0.717) is 12.4 Å². The maximum Gasteiger partial charge on any atom is 0.242 e. The van der Waals surface area contributed by atoms with Crippen molar-refractivity contribution in [1.82, 2.24) is 15.6 Å². The molecule has 1 heterocycles. The Kier molecular flexibility index (Phi) is 6.22. The Labute approximate surface area is 163 Å². The minimum absolute atomic E-state index is 0.190. The van der Waals surface area contributed by atoms with Crippen LogP contribution in [-0.2, 0) is 22.6 Å². The Hall–Kier alpha value is -3.41. The Bertz CT molecular complexity index is 982. The number of nitrogens with one attached hydrogen (secondary N) is 2. The van der Waals surface area contributed by atoms with Gasteiger partial charge >= 0.3 is 0 Å². The van der Waals surface area contributed by atoms with E-state index < -0.39 is 6.04 Å². The molecule has 0 saturated carbocycles. The van der Waals surface area contributed by atoms with Crippen LogP contribution in [0.1, 0.15) is 18.1 Å². The standard InChI is InChI=1S/C22H23N3O3/c1-15(22(27)24-14-16-10-11-23-21(12-16)28-2)25-20(26)13-18-8-5-7-17-6-3-4-9-19(17)18/h3-12,15H,13-14H2,1-2H3,(H,24,27)(H,25,26). The van der Waals surface area contributed by atoms with Gasteiger partial charge in [0.1, 0.15) is 6.04 Å². The van der Waals surface area contributed by atoms with Crippen LogP contribution in [0.3, 0.4) is 0 Å². The van der Waals surface area contributed by atoms with Crippen molar-refractivity contribution in [3.8, 4) is 5.88 Å². The second-order valence-electron chi connectivity index (χ2n) is 6.53. The van der Waals surface area contributed by atoms with Crippen LogP contribution in [0.25, 0.3) is 10.8 Å². The fourth-order valence-corrected chi connectivity index (χ4v) is 2.99. The lowest BCUT2D eigenvalue weighted by molar-refractivity contribution is -0.128. The average Bonchev–Trinajstić information content (AvgIpc) is 2.72. The summed E-state index contributed by atoms with van der Waals surface area (Å²) in [5, 5.41) is 7.71. The van der Waals surface area contributed by atoms with Crippen LogP contribution in [0.15, 0.2) is 60.8 Å². The van der Waals surface area contributed by atoms with Gasteiger partial charge in [-0.2, -0.15) is 0 Å². The highest BCUT2D eigenvalue weighted by Gasteiger charge is 2.16. The SMILES string of the molecule is COc1cc(CNC(=O)C(C)NC(=O)Cc2cccc3ccccc23)ccn1. The number of hydrogen-bond donors (Lipinski definition) is 2. The van der Waals surface area contributed by atoms with Crippen LogP contribution in [0.2, 0.25) is 0 Å².